The van der Waals surface area contributed by atoms with E-state index in [1.807, 2.05) is 25.1 Å². The smallest absolute Gasteiger partial charge is 0.165 e. The monoisotopic (exact) mass is 260 g/mol. The fraction of sp³-hybridized carbons (Fsp3) is 0.200. The van der Waals surface area contributed by atoms with E-state index in [2.05, 4.69) is 0 Å². The summed E-state index contributed by atoms with van der Waals surface area (Å²) in [5, 5.41) is 9.34. The normalized spacial score (nSPS) is 13.4. The van der Waals surface area contributed by atoms with Gasteiger partial charge in [0.15, 0.2) is 23.1 Å². The van der Waals surface area contributed by atoms with Crippen molar-refractivity contribution in [3.63, 3.8) is 0 Å². The number of halogens is 1. The number of phenols is 1. The number of ether oxygens (including phenoxy) is 2. The molecule has 1 aliphatic heterocycles. The third kappa shape index (κ3) is 2.10. The van der Waals surface area contributed by atoms with Gasteiger partial charge < -0.3 is 14.6 Å². The fourth-order valence-electron chi connectivity index (χ4n) is 2.19. The minimum Gasteiger partial charge on any atom is -0.505 e. The number of phenolic OH excluding ortho intramolecular Hbond substituents is 1. The van der Waals surface area contributed by atoms with Crippen LogP contribution in [0.25, 0.3) is 11.1 Å². The van der Waals surface area contributed by atoms with Crippen LogP contribution in [0.5, 0.6) is 17.2 Å². The highest BCUT2D eigenvalue weighted by Crippen LogP contribution is 2.36. The highest BCUT2D eigenvalue weighted by atomic mass is 19.1. The van der Waals surface area contributed by atoms with Gasteiger partial charge in [0.2, 0.25) is 0 Å². The Hall–Kier alpha value is -2.23. The molecule has 3 rings (SSSR count). The summed E-state index contributed by atoms with van der Waals surface area (Å²) < 4.78 is 24.4. The molecule has 1 heterocycles. The molecular weight excluding hydrogens is 247 g/mol. The van der Waals surface area contributed by atoms with E-state index in [9.17, 15) is 9.50 Å². The highest BCUT2D eigenvalue weighted by molar-refractivity contribution is 5.71. The minimum atomic E-state index is -0.629. The predicted octanol–water partition coefficient (Wildman–Crippen LogP) is 3.28. The Morgan fingerprint density at radius 3 is 2.58 bits per heavy atom. The molecule has 0 amide bonds. The maximum absolute atomic E-state index is 13.5. The summed E-state index contributed by atoms with van der Waals surface area (Å²) in [7, 11) is 0. The molecule has 3 nitrogen and oxygen atoms in total. The molecular formula is C15H13FO3. The number of aryl methyl sites for hydroxylation is 1. The van der Waals surface area contributed by atoms with Gasteiger partial charge in [0.05, 0.1) is 0 Å². The van der Waals surface area contributed by atoms with Crippen LogP contribution in [0.15, 0.2) is 30.3 Å². The van der Waals surface area contributed by atoms with E-state index in [1.165, 1.54) is 12.1 Å². The molecule has 0 radical (unpaired) electrons. The third-order valence-electron chi connectivity index (χ3n) is 3.15. The fourth-order valence-corrected chi connectivity index (χ4v) is 2.19. The molecule has 0 fully saturated rings. The lowest BCUT2D eigenvalue weighted by molar-refractivity contribution is 0.171. The van der Waals surface area contributed by atoms with Crippen LogP contribution in [-0.2, 0) is 0 Å². The first-order valence-corrected chi connectivity index (χ1v) is 6.04. The van der Waals surface area contributed by atoms with Crippen LogP contribution in [0.1, 0.15) is 5.56 Å². The average Bonchev–Trinajstić information content (AvgIpc) is 2.42. The molecule has 0 unspecified atom stereocenters. The van der Waals surface area contributed by atoms with Crippen LogP contribution in [0.4, 0.5) is 4.39 Å². The van der Waals surface area contributed by atoms with Crippen LogP contribution < -0.4 is 9.47 Å². The van der Waals surface area contributed by atoms with E-state index < -0.39 is 5.82 Å². The molecule has 1 aliphatic rings. The first kappa shape index (κ1) is 11.8. The topological polar surface area (TPSA) is 38.7 Å². The van der Waals surface area contributed by atoms with Crippen molar-refractivity contribution in [3.8, 4) is 28.4 Å². The maximum atomic E-state index is 13.5. The molecule has 4 heteroatoms. The Morgan fingerprint density at radius 2 is 1.79 bits per heavy atom. The van der Waals surface area contributed by atoms with E-state index in [4.69, 9.17) is 9.47 Å². The van der Waals surface area contributed by atoms with Crippen molar-refractivity contribution < 1.29 is 19.0 Å². The van der Waals surface area contributed by atoms with Crippen molar-refractivity contribution >= 4 is 0 Å². The van der Waals surface area contributed by atoms with Crippen molar-refractivity contribution in [1.29, 1.82) is 0 Å². The second-order valence-corrected chi connectivity index (χ2v) is 4.48. The summed E-state index contributed by atoms with van der Waals surface area (Å²) in [6.07, 6.45) is 0. The second kappa shape index (κ2) is 4.46. The van der Waals surface area contributed by atoms with Gasteiger partial charge in [0, 0.05) is 0 Å². The SMILES string of the molecule is Cc1cc(O)c(F)cc1-c1ccc2c(c1)OCCO2. The molecule has 0 bridgehead atoms. The van der Waals surface area contributed by atoms with Gasteiger partial charge in [-0.05, 0) is 47.9 Å². The standard InChI is InChI=1S/C15H13FO3/c1-9-6-13(17)12(16)8-11(9)10-2-3-14-15(7-10)19-5-4-18-14/h2-3,6-8,17H,4-5H2,1H3. The number of aromatic hydroxyl groups is 1. The molecule has 2 aromatic carbocycles. The Kier molecular flexibility index (Phi) is 2.78. The Morgan fingerprint density at radius 1 is 1.05 bits per heavy atom. The maximum Gasteiger partial charge on any atom is 0.165 e. The van der Waals surface area contributed by atoms with E-state index in [0.29, 0.717) is 24.7 Å². The first-order chi connectivity index (χ1) is 9.15. The lowest BCUT2D eigenvalue weighted by atomic mass is 9.99. The van der Waals surface area contributed by atoms with Gasteiger partial charge in [-0.1, -0.05) is 6.07 Å². The Bertz CT molecular complexity index is 638. The number of fused-ring (bicyclic) bond motifs is 1. The van der Waals surface area contributed by atoms with Gasteiger partial charge in [0.1, 0.15) is 13.2 Å². The Labute approximate surface area is 110 Å². The van der Waals surface area contributed by atoms with E-state index >= 15 is 0 Å². The quantitative estimate of drug-likeness (QED) is 0.855. The van der Waals surface area contributed by atoms with E-state index in [0.717, 1.165) is 16.7 Å². The molecule has 1 N–H and O–H groups in total. The molecule has 0 saturated heterocycles. The largest absolute Gasteiger partial charge is 0.505 e. The van der Waals surface area contributed by atoms with Gasteiger partial charge in [-0.3, -0.25) is 0 Å². The van der Waals surface area contributed by atoms with Crippen LogP contribution >= 0.6 is 0 Å². The van der Waals surface area contributed by atoms with Crippen LogP contribution in [0, 0.1) is 12.7 Å². The number of hydrogen-bond acceptors (Lipinski definition) is 3. The van der Waals surface area contributed by atoms with E-state index in [-0.39, 0.29) is 5.75 Å². The van der Waals surface area contributed by atoms with Crippen molar-refractivity contribution in [3.05, 3.63) is 41.7 Å². The van der Waals surface area contributed by atoms with Gasteiger partial charge >= 0.3 is 0 Å². The number of rotatable bonds is 1. The summed E-state index contributed by atoms with van der Waals surface area (Å²) >= 11 is 0. The lowest BCUT2D eigenvalue weighted by Gasteiger charge is -2.19. The van der Waals surface area contributed by atoms with Gasteiger partial charge in [-0.15, -0.1) is 0 Å². The lowest BCUT2D eigenvalue weighted by Crippen LogP contribution is -2.15. The van der Waals surface area contributed by atoms with Crippen molar-refractivity contribution in [2.24, 2.45) is 0 Å². The molecule has 0 atom stereocenters. The zero-order valence-corrected chi connectivity index (χ0v) is 10.4. The average molecular weight is 260 g/mol. The van der Waals surface area contributed by atoms with E-state index in [1.54, 1.807) is 0 Å². The molecule has 0 spiro atoms. The molecule has 2 aromatic rings. The Balaban J connectivity index is 2.09. The third-order valence-corrected chi connectivity index (χ3v) is 3.15. The van der Waals surface area contributed by atoms with Crippen molar-refractivity contribution in [1.82, 2.24) is 0 Å². The zero-order valence-electron chi connectivity index (χ0n) is 10.4. The predicted molar refractivity (Wildman–Crippen MR) is 69.2 cm³/mol. The number of hydrogen-bond donors (Lipinski definition) is 1. The molecule has 98 valence electrons. The zero-order chi connectivity index (χ0) is 13.4. The molecule has 0 saturated carbocycles. The van der Waals surface area contributed by atoms with Crippen molar-refractivity contribution in [2.75, 3.05) is 13.2 Å². The summed E-state index contributed by atoms with van der Waals surface area (Å²) in [6.45, 7) is 2.88. The summed E-state index contributed by atoms with van der Waals surface area (Å²) in [6, 6.07) is 8.24. The summed E-state index contributed by atoms with van der Waals surface area (Å²) in [4.78, 5) is 0. The van der Waals surface area contributed by atoms with Crippen LogP contribution in [-0.4, -0.2) is 18.3 Å². The first-order valence-electron chi connectivity index (χ1n) is 6.04. The van der Waals surface area contributed by atoms with Crippen molar-refractivity contribution in [2.45, 2.75) is 6.92 Å². The van der Waals surface area contributed by atoms with Crippen LogP contribution in [0.3, 0.4) is 0 Å². The summed E-state index contributed by atoms with van der Waals surface area (Å²) in [5.74, 6) is 0.401. The molecule has 0 aliphatic carbocycles. The number of benzene rings is 2. The molecule has 19 heavy (non-hydrogen) atoms. The summed E-state index contributed by atoms with van der Waals surface area (Å²) in [5.41, 5.74) is 2.36. The van der Waals surface area contributed by atoms with Crippen LogP contribution in [0.2, 0.25) is 0 Å². The van der Waals surface area contributed by atoms with Gasteiger partial charge in [-0.25, -0.2) is 4.39 Å². The molecule has 0 aromatic heterocycles. The van der Waals surface area contributed by atoms with Gasteiger partial charge in [0.25, 0.3) is 0 Å². The second-order valence-electron chi connectivity index (χ2n) is 4.48. The minimum absolute atomic E-state index is 0.334. The van der Waals surface area contributed by atoms with Gasteiger partial charge in [-0.2, -0.15) is 0 Å². The highest BCUT2D eigenvalue weighted by Gasteiger charge is 2.14.